The van der Waals surface area contributed by atoms with E-state index in [9.17, 15) is 14.4 Å². The van der Waals surface area contributed by atoms with E-state index >= 15 is 0 Å². The molecule has 0 aliphatic carbocycles. The summed E-state index contributed by atoms with van der Waals surface area (Å²) >= 11 is 0. The fourth-order valence-corrected chi connectivity index (χ4v) is 4.99. The van der Waals surface area contributed by atoms with Gasteiger partial charge in [0.25, 0.3) is 0 Å². The predicted octanol–water partition coefficient (Wildman–Crippen LogP) is 6.67. The van der Waals surface area contributed by atoms with E-state index in [0.29, 0.717) is 26.1 Å². The molecule has 0 aliphatic rings. The van der Waals surface area contributed by atoms with Gasteiger partial charge < -0.3 is 31.2 Å². The van der Waals surface area contributed by atoms with Crippen LogP contribution in [-0.4, -0.2) is 49.4 Å². The Bertz CT molecular complexity index is 1360. The Kier molecular flexibility index (Phi) is 15.8. The first-order chi connectivity index (χ1) is 22.6. The van der Waals surface area contributed by atoms with Crippen LogP contribution in [0.5, 0.6) is 0 Å². The fraction of sp³-hybridized carbons (Fsp3) is 0.447. The molecule has 3 amide bonds. The summed E-state index contributed by atoms with van der Waals surface area (Å²) in [6, 6.07) is 26.1. The number of benzene rings is 3. The highest BCUT2D eigenvalue weighted by molar-refractivity contribution is 5.85. The van der Waals surface area contributed by atoms with E-state index in [1.165, 1.54) is 11.1 Å². The van der Waals surface area contributed by atoms with Crippen molar-refractivity contribution in [1.82, 2.24) is 16.0 Å². The van der Waals surface area contributed by atoms with Crippen LogP contribution in [0.25, 0.3) is 11.1 Å². The molecule has 1 atom stereocenters. The second-order valence-electron chi connectivity index (χ2n) is 12.7. The van der Waals surface area contributed by atoms with Crippen LogP contribution in [0.4, 0.5) is 9.59 Å². The van der Waals surface area contributed by atoms with E-state index in [2.05, 4.69) is 64.5 Å². The molecule has 0 radical (unpaired) electrons. The number of ether oxygens (including phenoxy) is 2. The van der Waals surface area contributed by atoms with Crippen molar-refractivity contribution in [3.8, 4) is 11.1 Å². The van der Waals surface area contributed by atoms with Gasteiger partial charge in [0.2, 0.25) is 5.91 Å². The van der Waals surface area contributed by atoms with Gasteiger partial charge in [0.05, 0.1) is 0 Å². The molecule has 5 N–H and O–H groups in total. The molecule has 3 rings (SSSR count). The normalized spacial score (nSPS) is 11.7. The van der Waals surface area contributed by atoms with Gasteiger partial charge in [-0.25, -0.2) is 9.59 Å². The maximum absolute atomic E-state index is 12.8. The quantitative estimate of drug-likeness (QED) is 0.114. The van der Waals surface area contributed by atoms with Gasteiger partial charge >= 0.3 is 12.2 Å². The van der Waals surface area contributed by atoms with Crippen LogP contribution in [-0.2, 0) is 33.7 Å². The minimum Gasteiger partial charge on any atom is -0.445 e. The molecule has 47 heavy (non-hydrogen) atoms. The molecule has 0 spiro atoms. The molecular formula is C38H52N4O5. The maximum atomic E-state index is 12.8. The SMILES string of the molecule is CC(C)(C)OC(=O)N[C@@H](CCCCN)C(=O)NCCCc1ccc(-c2ccc(CCCCNC(=O)OCc3ccccc3)cc2)cc1. The number of nitrogens with one attached hydrogen (secondary N) is 3. The van der Waals surface area contributed by atoms with Crippen LogP contribution in [0.15, 0.2) is 78.9 Å². The van der Waals surface area contributed by atoms with Crippen molar-refractivity contribution in [3.05, 3.63) is 95.6 Å². The van der Waals surface area contributed by atoms with Gasteiger partial charge in [0, 0.05) is 13.1 Å². The van der Waals surface area contributed by atoms with Crippen molar-refractivity contribution < 1.29 is 23.9 Å². The molecule has 3 aromatic carbocycles. The molecule has 0 aromatic heterocycles. The average Bonchev–Trinajstić information content (AvgIpc) is 3.05. The summed E-state index contributed by atoms with van der Waals surface area (Å²) in [5.41, 5.74) is 10.7. The molecule has 9 nitrogen and oxygen atoms in total. The molecule has 0 unspecified atom stereocenters. The lowest BCUT2D eigenvalue weighted by Gasteiger charge is -2.23. The Morgan fingerprint density at radius 2 is 1.28 bits per heavy atom. The van der Waals surface area contributed by atoms with Crippen LogP contribution >= 0.6 is 0 Å². The van der Waals surface area contributed by atoms with Crippen LogP contribution in [0, 0.1) is 0 Å². The minimum atomic E-state index is -0.653. The van der Waals surface area contributed by atoms with Crippen LogP contribution in [0.2, 0.25) is 0 Å². The largest absolute Gasteiger partial charge is 0.445 e. The van der Waals surface area contributed by atoms with Gasteiger partial charge in [-0.2, -0.15) is 0 Å². The topological polar surface area (TPSA) is 132 Å². The van der Waals surface area contributed by atoms with Crippen molar-refractivity contribution >= 4 is 18.1 Å². The van der Waals surface area contributed by atoms with E-state index in [1.807, 2.05) is 30.3 Å². The highest BCUT2D eigenvalue weighted by Gasteiger charge is 2.23. The van der Waals surface area contributed by atoms with Gasteiger partial charge in [0.15, 0.2) is 0 Å². The number of carbonyl (C=O) groups is 3. The third kappa shape index (κ3) is 15.2. The van der Waals surface area contributed by atoms with Crippen molar-refractivity contribution in [1.29, 1.82) is 0 Å². The first kappa shape index (κ1) is 37.1. The molecule has 254 valence electrons. The van der Waals surface area contributed by atoms with Gasteiger partial charge in [-0.3, -0.25) is 4.79 Å². The van der Waals surface area contributed by atoms with Crippen molar-refractivity contribution in [2.24, 2.45) is 5.73 Å². The monoisotopic (exact) mass is 644 g/mol. The smallest absolute Gasteiger partial charge is 0.408 e. The Balaban J connectivity index is 1.34. The number of unbranched alkanes of at least 4 members (excludes halogenated alkanes) is 2. The summed E-state index contributed by atoms with van der Waals surface area (Å²) < 4.78 is 10.6. The summed E-state index contributed by atoms with van der Waals surface area (Å²) in [5.74, 6) is -0.206. The predicted molar refractivity (Wildman–Crippen MR) is 187 cm³/mol. The Morgan fingerprint density at radius 3 is 1.87 bits per heavy atom. The molecule has 0 saturated carbocycles. The van der Waals surface area contributed by atoms with Crippen LogP contribution < -0.4 is 21.7 Å². The number of nitrogens with two attached hydrogens (primary N) is 1. The molecular weight excluding hydrogens is 592 g/mol. The number of hydrogen-bond acceptors (Lipinski definition) is 6. The first-order valence-electron chi connectivity index (χ1n) is 16.7. The molecule has 0 aliphatic heterocycles. The lowest BCUT2D eigenvalue weighted by Crippen LogP contribution is -2.48. The van der Waals surface area contributed by atoms with Gasteiger partial charge in [0.1, 0.15) is 18.2 Å². The van der Waals surface area contributed by atoms with E-state index in [4.69, 9.17) is 15.2 Å². The van der Waals surface area contributed by atoms with Crippen molar-refractivity contribution in [2.75, 3.05) is 19.6 Å². The molecule has 0 fully saturated rings. The lowest BCUT2D eigenvalue weighted by molar-refractivity contribution is -0.123. The number of hydrogen-bond donors (Lipinski definition) is 4. The highest BCUT2D eigenvalue weighted by atomic mass is 16.6. The van der Waals surface area contributed by atoms with E-state index in [1.54, 1.807) is 20.8 Å². The Morgan fingerprint density at radius 1 is 0.681 bits per heavy atom. The number of rotatable bonds is 18. The minimum absolute atomic E-state index is 0.206. The summed E-state index contributed by atoms with van der Waals surface area (Å²) in [6.07, 6.45) is 5.48. The molecule has 0 saturated heterocycles. The maximum Gasteiger partial charge on any atom is 0.408 e. The van der Waals surface area contributed by atoms with Gasteiger partial charge in [-0.05, 0) is 106 Å². The third-order valence-electron chi connectivity index (χ3n) is 7.51. The zero-order valence-electron chi connectivity index (χ0n) is 28.2. The molecule has 9 heteroatoms. The highest BCUT2D eigenvalue weighted by Crippen LogP contribution is 2.21. The summed E-state index contributed by atoms with van der Waals surface area (Å²) in [6.45, 7) is 7.29. The van der Waals surface area contributed by atoms with Crippen molar-refractivity contribution in [2.45, 2.75) is 90.4 Å². The van der Waals surface area contributed by atoms with Gasteiger partial charge in [-0.1, -0.05) is 78.9 Å². The first-order valence-corrected chi connectivity index (χ1v) is 16.7. The number of amides is 3. The number of alkyl carbamates (subject to hydrolysis) is 2. The zero-order chi connectivity index (χ0) is 33.9. The Labute approximate surface area is 280 Å². The summed E-state index contributed by atoms with van der Waals surface area (Å²) in [7, 11) is 0. The number of carbonyl (C=O) groups excluding carboxylic acids is 3. The Hall–Kier alpha value is -4.37. The second-order valence-corrected chi connectivity index (χ2v) is 12.7. The van der Waals surface area contributed by atoms with E-state index in [0.717, 1.165) is 61.6 Å². The average molecular weight is 645 g/mol. The molecule has 0 heterocycles. The van der Waals surface area contributed by atoms with Crippen LogP contribution in [0.1, 0.15) is 76.0 Å². The summed E-state index contributed by atoms with van der Waals surface area (Å²) in [5, 5.41) is 8.49. The van der Waals surface area contributed by atoms with Crippen molar-refractivity contribution in [3.63, 3.8) is 0 Å². The third-order valence-corrected chi connectivity index (χ3v) is 7.51. The van der Waals surface area contributed by atoms with E-state index in [-0.39, 0.29) is 18.6 Å². The molecule has 3 aromatic rings. The molecule has 0 bridgehead atoms. The van der Waals surface area contributed by atoms with Gasteiger partial charge in [-0.15, -0.1) is 0 Å². The number of aryl methyl sites for hydroxylation is 2. The standard InChI is InChI=1S/C38H52N4O5/c1-38(2,3)47-37(45)42-34(16-7-9-25-39)35(43)40-27-11-15-30-19-23-33(24-20-30)32-21-17-29(18-22-32)12-8-10-26-41-36(44)46-28-31-13-5-4-6-14-31/h4-6,13-14,17-24,34H,7-12,15-16,25-28,39H2,1-3H3,(H,40,43)(H,41,44)(H,42,45)/t34-/m0/s1. The zero-order valence-corrected chi connectivity index (χ0v) is 28.2. The fourth-order valence-electron chi connectivity index (χ4n) is 4.99. The summed E-state index contributed by atoms with van der Waals surface area (Å²) in [4.78, 5) is 37.0. The van der Waals surface area contributed by atoms with E-state index < -0.39 is 17.7 Å². The second kappa shape index (κ2) is 20.0. The van der Waals surface area contributed by atoms with Crippen LogP contribution in [0.3, 0.4) is 0 Å². The lowest BCUT2D eigenvalue weighted by atomic mass is 9.99.